The van der Waals surface area contributed by atoms with Crippen LogP contribution in [0.15, 0.2) is 30.3 Å². The summed E-state index contributed by atoms with van der Waals surface area (Å²) in [5, 5.41) is 15.0. The van der Waals surface area contributed by atoms with Gasteiger partial charge in [-0.2, -0.15) is 0 Å². The van der Waals surface area contributed by atoms with Gasteiger partial charge in [-0.25, -0.2) is 0 Å². The number of nitrogens with one attached hydrogen (secondary N) is 1. The summed E-state index contributed by atoms with van der Waals surface area (Å²) < 4.78 is 0. The van der Waals surface area contributed by atoms with Crippen LogP contribution in [0, 0.1) is 17.8 Å². The summed E-state index contributed by atoms with van der Waals surface area (Å²) in [7, 11) is 0. The molecule has 2 N–H and O–H groups in total. The van der Waals surface area contributed by atoms with Gasteiger partial charge in [0.25, 0.3) is 0 Å². The number of piperidine rings is 1. The van der Waals surface area contributed by atoms with Crippen LogP contribution in [-0.4, -0.2) is 41.6 Å². The minimum absolute atomic E-state index is 0.151. The van der Waals surface area contributed by atoms with Crippen molar-refractivity contribution in [1.29, 1.82) is 0 Å². The molecule has 1 saturated heterocycles. The minimum atomic E-state index is -0.891. The fraction of sp³-hybridized carbons (Fsp3) is 0.650. The normalized spacial score (nSPS) is 31.5. The second kappa shape index (κ2) is 6.16. The topological polar surface area (TPSA) is 52.6 Å². The Morgan fingerprint density at radius 3 is 2.58 bits per heavy atom. The Morgan fingerprint density at radius 1 is 1.29 bits per heavy atom. The van der Waals surface area contributed by atoms with Crippen LogP contribution in [-0.2, 0) is 10.4 Å². The molecule has 2 saturated carbocycles. The Kier molecular flexibility index (Phi) is 4.13. The van der Waals surface area contributed by atoms with Crippen LogP contribution in [0.4, 0.5) is 0 Å². The zero-order valence-corrected chi connectivity index (χ0v) is 14.4. The number of carbonyl (C=O) groups is 1. The molecule has 4 nitrogen and oxygen atoms in total. The molecule has 0 spiro atoms. The first-order valence-corrected chi connectivity index (χ1v) is 9.45. The lowest BCUT2D eigenvalue weighted by molar-refractivity contribution is -0.138. The zero-order chi connectivity index (χ0) is 16.7. The van der Waals surface area contributed by atoms with Gasteiger partial charge in [0.2, 0.25) is 5.91 Å². The van der Waals surface area contributed by atoms with E-state index in [1.165, 1.54) is 6.42 Å². The number of likely N-dealkylation sites (tertiary alicyclic amines) is 1. The molecule has 4 heteroatoms. The molecule has 4 unspecified atom stereocenters. The number of nitrogens with zero attached hydrogens (tertiary/aromatic N) is 1. The molecule has 1 heterocycles. The maximum Gasteiger partial charge on any atom is 0.227 e. The summed E-state index contributed by atoms with van der Waals surface area (Å²) in [4.78, 5) is 14.7. The van der Waals surface area contributed by atoms with Crippen molar-refractivity contribution in [2.24, 2.45) is 17.8 Å². The van der Waals surface area contributed by atoms with Crippen LogP contribution in [0.3, 0.4) is 0 Å². The number of hydrogen-bond acceptors (Lipinski definition) is 3. The van der Waals surface area contributed by atoms with Gasteiger partial charge in [-0.1, -0.05) is 43.7 Å². The Hall–Kier alpha value is -1.39. The predicted molar refractivity (Wildman–Crippen MR) is 93.3 cm³/mol. The van der Waals surface area contributed by atoms with Gasteiger partial charge in [0, 0.05) is 18.5 Å². The number of carbonyl (C=O) groups excluding carboxylic acids is 1. The summed E-state index contributed by atoms with van der Waals surface area (Å²) in [5.74, 6) is 1.12. The van der Waals surface area contributed by atoms with Crippen LogP contribution >= 0.6 is 0 Å². The summed E-state index contributed by atoms with van der Waals surface area (Å²) >= 11 is 0. The molecule has 1 amide bonds. The molecule has 1 aliphatic heterocycles. The fourth-order valence-electron chi connectivity index (χ4n) is 4.58. The third kappa shape index (κ3) is 2.56. The standard InChI is InChI=1S/C20H28N2O2/c1-2-11-21-18-16-12-22(19(23)17(16)18)13-20(24,15-9-6-10-15)14-7-4-3-5-8-14/h3-5,7-8,15-18,21,24H,2,6,9-13H2,1H3. The third-order valence-electron chi connectivity index (χ3n) is 6.31. The largest absolute Gasteiger partial charge is 0.383 e. The first-order chi connectivity index (χ1) is 11.6. The van der Waals surface area contributed by atoms with E-state index in [0.717, 1.165) is 37.9 Å². The summed E-state index contributed by atoms with van der Waals surface area (Å²) in [6.45, 7) is 4.39. The number of hydrogen-bond donors (Lipinski definition) is 2. The van der Waals surface area contributed by atoms with E-state index in [0.29, 0.717) is 18.5 Å². The Balaban J connectivity index is 1.46. The number of β-amino-alcohol motifs (C(OH)–C–C–N with tert-alkyl or cyclic N) is 1. The van der Waals surface area contributed by atoms with Crippen LogP contribution in [0.1, 0.15) is 38.2 Å². The summed E-state index contributed by atoms with van der Waals surface area (Å²) in [5.41, 5.74) is 0.0712. The van der Waals surface area contributed by atoms with Gasteiger partial charge in [0.15, 0.2) is 0 Å². The van der Waals surface area contributed by atoms with Crippen molar-refractivity contribution in [2.75, 3.05) is 19.6 Å². The maximum atomic E-state index is 12.7. The SMILES string of the molecule is CCCNC1C2CN(CC(O)(c3ccccc3)C3CCC3)C(=O)C21. The minimum Gasteiger partial charge on any atom is -0.383 e. The monoisotopic (exact) mass is 328 g/mol. The summed E-state index contributed by atoms with van der Waals surface area (Å²) in [6.07, 6.45) is 4.40. The molecule has 130 valence electrons. The molecule has 1 aromatic carbocycles. The number of fused-ring (bicyclic) bond motifs is 1. The second-order valence-electron chi connectivity index (χ2n) is 7.81. The molecule has 3 aliphatic rings. The second-order valence-corrected chi connectivity index (χ2v) is 7.81. The highest BCUT2D eigenvalue weighted by atomic mass is 16.3. The average molecular weight is 328 g/mol. The van der Waals surface area contributed by atoms with Crippen molar-refractivity contribution in [3.63, 3.8) is 0 Å². The van der Waals surface area contributed by atoms with Crippen molar-refractivity contribution < 1.29 is 9.90 Å². The van der Waals surface area contributed by atoms with E-state index in [9.17, 15) is 9.90 Å². The maximum absolute atomic E-state index is 12.7. The summed E-state index contributed by atoms with van der Waals surface area (Å²) in [6, 6.07) is 10.3. The van der Waals surface area contributed by atoms with E-state index < -0.39 is 5.60 Å². The average Bonchev–Trinajstić information content (AvgIpc) is 3.13. The molecule has 2 aliphatic carbocycles. The number of aliphatic hydroxyl groups is 1. The smallest absolute Gasteiger partial charge is 0.227 e. The van der Waals surface area contributed by atoms with Crippen molar-refractivity contribution >= 4 is 5.91 Å². The van der Waals surface area contributed by atoms with Crippen molar-refractivity contribution in [1.82, 2.24) is 10.2 Å². The predicted octanol–water partition coefficient (Wildman–Crippen LogP) is 2.13. The van der Waals surface area contributed by atoms with E-state index in [1.54, 1.807) is 0 Å². The molecule has 1 aromatic rings. The van der Waals surface area contributed by atoms with E-state index in [1.807, 2.05) is 35.2 Å². The Morgan fingerprint density at radius 2 is 2.04 bits per heavy atom. The van der Waals surface area contributed by atoms with Crippen molar-refractivity contribution in [3.8, 4) is 0 Å². The van der Waals surface area contributed by atoms with Crippen LogP contribution in [0.2, 0.25) is 0 Å². The molecule has 0 aromatic heterocycles. The number of benzene rings is 1. The number of rotatable bonds is 7. The van der Waals surface area contributed by atoms with Gasteiger partial charge >= 0.3 is 0 Å². The van der Waals surface area contributed by atoms with E-state index in [4.69, 9.17) is 0 Å². The third-order valence-corrected chi connectivity index (χ3v) is 6.31. The van der Waals surface area contributed by atoms with Crippen LogP contribution in [0.25, 0.3) is 0 Å². The quantitative estimate of drug-likeness (QED) is 0.806. The lowest BCUT2D eigenvalue weighted by Crippen LogP contribution is -2.50. The Bertz CT molecular complexity index is 601. The van der Waals surface area contributed by atoms with E-state index in [2.05, 4.69) is 12.2 Å². The Labute approximate surface area is 144 Å². The van der Waals surface area contributed by atoms with Crippen molar-refractivity contribution in [2.45, 2.75) is 44.2 Å². The first-order valence-electron chi connectivity index (χ1n) is 9.45. The van der Waals surface area contributed by atoms with Crippen LogP contribution in [0.5, 0.6) is 0 Å². The van der Waals surface area contributed by atoms with E-state index in [-0.39, 0.29) is 17.7 Å². The highest BCUT2D eigenvalue weighted by Crippen LogP contribution is 2.49. The first kappa shape index (κ1) is 16.1. The molecule has 24 heavy (non-hydrogen) atoms. The molecular weight excluding hydrogens is 300 g/mol. The molecule has 0 bridgehead atoms. The molecule has 0 radical (unpaired) electrons. The lowest BCUT2D eigenvalue weighted by Gasteiger charge is -2.44. The van der Waals surface area contributed by atoms with Crippen molar-refractivity contribution in [3.05, 3.63) is 35.9 Å². The zero-order valence-electron chi connectivity index (χ0n) is 14.4. The van der Waals surface area contributed by atoms with Gasteiger partial charge in [0.1, 0.15) is 5.60 Å². The van der Waals surface area contributed by atoms with Gasteiger partial charge in [-0.15, -0.1) is 0 Å². The highest BCUT2D eigenvalue weighted by molar-refractivity contribution is 5.86. The van der Waals surface area contributed by atoms with E-state index >= 15 is 0 Å². The molecule has 4 rings (SSSR count). The molecular formula is C20H28N2O2. The number of amides is 1. The molecule has 4 atom stereocenters. The fourth-order valence-corrected chi connectivity index (χ4v) is 4.58. The van der Waals surface area contributed by atoms with Gasteiger partial charge in [0.05, 0.1) is 12.5 Å². The molecule has 3 fully saturated rings. The highest BCUT2D eigenvalue weighted by Gasteiger charge is 2.62. The van der Waals surface area contributed by atoms with Crippen LogP contribution < -0.4 is 5.32 Å². The van der Waals surface area contributed by atoms with Gasteiger partial charge in [-0.3, -0.25) is 4.79 Å². The van der Waals surface area contributed by atoms with Gasteiger partial charge < -0.3 is 15.3 Å². The van der Waals surface area contributed by atoms with Gasteiger partial charge in [-0.05, 0) is 37.3 Å². The lowest BCUT2D eigenvalue weighted by atomic mass is 9.69.